The molecule has 0 aliphatic rings. The number of aryl methyl sites for hydroxylation is 1. The van der Waals surface area contributed by atoms with Gasteiger partial charge >= 0.3 is 0 Å². The summed E-state index contributed by atoms with van der Waals surface area (Å²) in [5.41, 5.74) is 6.38. The first-order chi connectivity index (χ1) is 19.6. The number of nitrogens with two attached hydrogens (primary N) is 1. The normalized spacial score (nSPS) is 12.0. The first kappa shape index (κ1) is 29.2. The summed E-state index contributed by atoms with van der Waals surface area (Å²) in [6.45, 7) is 3.83. The average Bonchev–Trinajstić information content (AvgIpc) is 2.97. The largest absolute Gasteiger partial charge is 0.493 e. The molecule has 0 aliphatic heterocycles. The molecular formula is C30H29N5O5S. The molecule has 3 N–H and O–H groups in total. The van der Waals surface area contributed by atoms with Crippen LogP contribution in [0.5, 0.6) is 5.88 Å². The minimum absolute atomic E-state index is 0.0292. The van der Waals surface area contributed by atoms with Crippen LogP contribution in [0.25, 0.3) is 11.1 Å². The Morgan fingerprint density at radius 2 is 1.85 bits per heavy atom. The van der Waals surface area contributed by atoms with Crippen LogP contribution in [-0.4, -0.2) is 34.0 Å². The van der Waals surface area contributed by atoms with E-state index in [4.69, 9.17) is 5.73 Å². The second kappa shape index (κ2) is 12.1. The number of aromatic nitrogens is 3. The van der Waals surface area contributed by atoms with Crippen LogP contribution in [0.2, 0.25) is 0 Å². The molecule has 1 amide bonds. The summed E-state index contributed by atoms with van der Waals surface area (Å²) in [7, 11) is -4.53. The van der Waals surface area contributed by atoms with E-state index in [9.17, 15) is 28.4 Å². The average molecular weight is 572 g/mol. The molecule has 0 bridgehead atoms. The summed E-state index contributed by atoms with van der Waals surface area (Å²) in [5.74, 6) is -1.19. The molecule has 210 valence electrons. The standard InChI is InChI=1S/C30H29N5O5S/c1-3-5-11-25-34-29(37)27(30(38)35(25)24(4-2)21-9-6-8-19(17-21)18-31)41(39,40)22-14-12-20(13-15-22)23-10-7-16-33-26(23)28(32)36/h6-10,12-17,24,38H,3-5,11H2,1-2H3,(H2,32,36)/t24-/m0/s1. The van der Waals surface area contributed by atoms with Gasteiger partial charge in [0.2, 0.25) is 15.7 Å². The van der Waals surface area contributed by atoms with Crippen molar-refractivity contribution in [2.45, 2.75) is 55.4 Å². The molecule has 0 unspecified atom stereocenters. The van der Waals surface area contributed by atoms with Gasteiger partial charge < -0.3 is 10.8 Å². The van der Waals surface area contributed by atoms with Crippen molar-refractivity contribution in [1.82, 2.24) is 14.5 Å². The molecule has 11 heteroatoms. The maximum Gasteiger partial charge on any atom is 0.296 e. The van der Waals surface area contributed by atoms with Crippen molar-refractivity contribution < 1.29 is 18.3 Å². The summed E-state index contributed by atoms with van der Waals surface area (Å²) in [5, 5.41) is 20.9. The van der Waals surface area contributed by atoms with Crippen LogP contribution in [0.4, 0.5) is 0 Å². The quantitative estimate of drug-likeness (QED) is 0.286. The van der Waals surface area contributed by atoms with Gasteiger partial charge in [0.05, 0.1) is 22.6 Å². The number of pyridine rings is 1. The predicted molar refractivity (Wildman–Crippen MR) is 152 cm³/mol. The number of hydrogen-bond donors (Lipinski definition) is 2. The number of benzene rings is 2. The SMILES string of the molecule is CCCCc1nc(=O)c(S(=O)(=O)c2ccc(-c3cccnc3C(N)=O)cc2)c(O)n1[C@@H](CC)c1cccc(C#N)c1. The highest BCUT2D eigenvalue weighted by molar-refractivity contribution is 7.91. The molecule has 10 nitrogen and oxygen atoms in total. The van der Waals surface area contributed by atoms with Gasteiger partial charge in [-0.15, -0.1) is 0 Å². The topological polar surface area (TPSA) is 169 Å². The van der Waals surface area contributed by atoms with Crippen molar-refractivity contribution in [3.8, 4) is 23.1 Å². The van der Waals surface area contributed by atoms with Gasteiger partial charge in [0.25, 0.3) is 11.5 Å². The van der Waals surface area contributed by atoms with Crippen molar-refractivity contribution >= 4 is 15.7 Å². The highest BCUT2D eigenvalue weighted by atomic mass is 32.2. The van der Waals surface area contributed by atoms with E-state index >= 15 is 0 Å². The number of carbonyl (C=O) groups is 1. The number of rotatable bonds is 10. The van der Waals surface area contributed by atoms with Gasteiger partial charge in [0.15, 0.2) is 4.90 Å². The number of amides is 1. The van der Waals surface area contributed by atoms with Gasteiger partial charge in [-0.25, -0.2) is 8.42 Å². The van der Waals surface area contributed by atoms with Crippen LogP contribution in [0.15, 0.2) is 81.4 Å². The van der Waals surface area contributed by atoms with Crippen LogP contribution >= 0.6 is 0 Å². The molecule has 2 aromatic carbocycles. The first-order valence-corrected chi connectivity index (χ1v) is 14.6. The Kier molecular flexibility index (Phi) is 8.64. The Bertz CT molecular complexity index is 1810. The molecule has 0 saturated carbocycles. The lowest BCUT2D eigenvalue weighted by Crippen LogP contribution is -2.27. The van der Waals surface area contributed by atoms with Gasteiger partial charge in [-0.1, -0.05) is 50.6 Å². The zero-order valence-corrected chi connectivity index (χ0v) is 23.4. The minimum atomic E-state index is -4.53. The summed E-state index contributed by atoms with van der Waals surface area (Å²) in [4.78, 5) is 32.0. The van der Waals surface area contributed by atoms with E-state index in [-0.39, 0.29) is 16.4 Å². The number of primary amides is 1. The molecular weight excluding hydrogens is 542 g/mol. The fourth-order valence-electron chi connectivity index (χ4n) is 4.77. The Labute approximate surface area is 237 Å². The van der Waals surface area contributed by atoms with Crippen molar-refractivity contribution in [3.05, 3.63) is 99.9 Å². The van der Waals surface area contributed by atoms with Gasteiger partial charge in [0, 0.05) is 18.2 Å². The fraction of sp³-hybridized carbons (Fsp3) is 0.233. The van der Waals surface area contributed by atoms with Crippen molar-refractivity contribution in [2.75, 3.05) is 0 Å². The van der Waals surface area contributed by atoms with E-state index in [0.717, 1.165) is 6.42 Å². The number of unbranched alkanes of at least 4 members (excludes halogenated alkanes) is 1. The van der Waals surface area contributed by atoms with Crippen molar-refractivity contribution in [1.29, 1.82) is 5.26 Å². The van der Waals surface area contributed by atoms with E-state index in [0.29, 0.717) is 41.5 Å². The highest BCUT2D eigenvalue weighted by Crippen LogP contribution is 2.34. The maximum absolute atomic E-state index is 13.8. The van der Waals surface area contributed by atoms with E-state index in [1.807, 2.05) is 13.8 Å². The van der Waals surface area contributed by atoms with Crippen LogP contribution in [0, 0.1) is 11.3 Å². The molecule has 2 heterocycles. The third kappa shape index (κ3) is 5.73. The number of aromatic hydroxyl groups is 1. The fourth-order valence-corrected chi connectivity index (χ4v) is 6.12. The summed E-state index contributed by atoms with van der Waals surface area (Å²) < 4.78 is 29.0. The summed E-state index contributed by atoms with van der Waals surface area (Å²) in [6, 6.07) is 17.1. The Hall–Kier alpha value is -4.82. The molecule has 0 aliphatic carbocycles. The van der Waals surface area contributed by atoms with E-state index in [1.165, 1.54) is 35.0 Å². The molecule has 0 spiro atoms. The number of carbonyl (C=O) groups excluding carboxylic acids is 1. The van der Waals surface area contributed by atoms with Gasteiger partial charge in [0.1, 0.15) is 11.5 Å². The summed E-state index contributed by atoms with van der Waals surface area (Å²) >= 11 is 0. The monoisotopic (exact) mass is 571 g/mol. The number of sulfone groups is 1. The zero-order chi connectivity index (χ0) is 29.7. The molecule has 0 radical (unpaired) electrons. The summed E-state index contributed by atoms with van der Waals surface area (Å²) in [6.07, 6.45) is 3.64. The smallest absolute Gasteiger partial charge is 0.296 e. The van der Waals surface area contributed by atoms with Crippen LogP contribution in [0.1, 0.15) is 66.6 Å². The lowest BCUT2D eigenvalue weighted by molar-refractivity contribution is 0.0996. The highest BCUT2D eigenvalue weighted by Gasteiger charge is 2.32. The van der Waals surface area contributed by atoms with Gasteiger partial charge in [-0.05, 0) is 54.3 Å². The van der Waals surface area contributed by atoms with Crippen molar-refractivity contribution in [3.63, 3.8) is 0 Å². The zero-order valence-electron chi connectivity index (χ0n) is 22.6. The van der Waals surface area contributed by atoms with Crippen LogP contribution in [0.3, 0.4) is 0 Å². The van der Waals surface area contributed by atoms with E-state index in [2.05, 4.69) is 16.0 Å². The molecule has 0 fully saturated rings. The number of nitriles is 1. The predicted octanol–water partition coefficient (Wildman–Crippen LogP) is 4.16. The van der Waals surface area contributed by atoms with Crippen LogP contribution in [-0.2, 0) is 16.3 Å². The van der Waals surface area contributed by atoms with Crippen LogP contribution < -0.4 is 11.3 Å². The van der Waals surface area contributed by atoms with E-state index < -0.39 is 38.1 Å². The first-order valence-electron chi connectivity index (χ1n) is 13.1. The minimum Gasteiger partial charge on any atom is -0.493 e. The molecule has 1 atom stereocenters. The second-order valence-corrected chi connectivity index (χ2v) is 11.3. The van der Waals surface area contributed by atoms with Gasteiger partial charge in [-0.3, -0.25) is 19.1 Å². The number of nitrogens with zero attached hydrogens (tertiary/aromatic N) is 4. The molecule has 2 aromatic heterocycles. The Morgan fingerprint density at radius 3 is 2.49 bits per heavy atom. The maximum atomic E-state index is 13.8. The molecule has 4 aromatic rings. The van der Waals surface area contributed by atoms with Gasteiger partial charge in [-0.2, -0.15) is 10.2 Å². The Balaban J connectivity index is 1.87. The third-order valence-corrected chi connectivity index (χ3v) is 8.56. The van der Waals surface area contributed by atoms with E-state index in [1.54, 1.807) is 36.4 Å². The van der Waals surface area contributed by atoms with Crippen molar-refractivity contribution in [2.24, 2.45) is 5.73 Å². The molecule has 4 rings (SSSR count). The Morgan fingerprint density at radius 1 is 1.12 bits per heavy atom. The molecule has 41 heavy (non-hydrogen) atoms. The lowest BCUT2D eigenvalue weighted by atomic mass is 10.0. The molecule has 0 saturated heterocycles. The number of hydrogen-bond acceptors (Lipinski definition) is 8. The lowest BCUT2D eigenvalue weighted by Gasteiger charge is -2.25. The second-order valence-electron chi connectivity index (χ2n) is 9.41. The third-order valence-electron chi connectivity index (χ3n) is 6.77.